The second-order valence-corrected chi connectivity index (χ2v) is 3.46. The van der Waals surface area contributed by atoms with Crippen LogP contribution in [0, 0.1) is 22.7 Å². The Kier molecular flexibility index (Phi) is 4.68. The van der Waals surface area contributed by atoms with Crippen molar-refractivity contribution in [2.24, 2.45) is 0 Å². The summed E-state index contributed by atoms with van der Waals surface area (Å²) in [5.41, 5.74) is 1.10. The van der Waals surface area contributed by atoms with Crippen LogP contribution in [0.2, 0.25) is 0 Å². The van der Waals surface area contributed by atoms with Crippen molar-refractivity contribution in [1.82, 2.24) is 4.90 Å². The third kappa shape index (κ3) is 3.94. The van der Waals surface area contributed by atoms with Crippen LogP contribution in [-0.2, 0) is 6.54 Å². The lowest BCUT2D eigenvalue weighted by molar-refractivity contribution is 0.0697. The Labute approximate surface area is 99.1 Å². The van der Waals surface area contributed by atoms with Crippen molar-refractivity contribution in [3.63, 3.8) is 0 Å². The predicted octanol–water partition coefficient (Wildman–Crippen LogP) is 1.23. The number of hydrogen-bond acceptors (Lipinski definition) is 4. The zero-order valence-electron chi connectivity index (χ0n) is 9.13. The van der Waals surface area contributed by atoms with Gasteiger partial charge in [-0.2, -0.15) is 10.5 Å². The van der Waals surface area contributed by atoms with Crippen LogP contribution in [0.1, 0.15) is 15.9 Å². The van der Waals surface area contributed by atoms with Crippen molar-refractivity contribution in [3.05, 3.63) is 35.4 Å². The average molecular weight is 229 g/mol. The fraction of sp³-hybridized carbons (Fsp3) is 0.250. The quantitative estimate of drug-likeness (QED) is 0.767. The molecule has 17 heavy (non-hydrogen) atoms. The van der Waals surface area contributed by atoms with Crippen LogP contribution in [0.25, 0.3) is 0 Å². The molecule has 1 aromatic rings. The molecule has 0 radical (unpaired) electrons. The number of rotatable bonds is 5. The van der Waals surface area contributed by atoms with Gasteiger partial charge in [-0.15, -0.1) is 0 Å². The van der Waals surface area contributed by atoms with Crippen molar-refractivity contribution in [3.8, 4) is 12.1 Å². The normalized spacial score (nSPS) is 9.59. The van der Waals surface area contributed by atoms with Gasteiger partial charge in [-0.25, -0.2) is 4.79 Å². The molecule has 1 aromatic carbocycles. The van der Waals surface area contributed by atoms with E-state index in [2.05, 4.69) is 0 Å². The molecule has 86 valence electrons. The van der Waals surface area contributed by atoms with E-state index in [1.165, 1.54) is 12.1 Å². The van der Waals surface area contributed by atoms with Gasteiger partial charge < -0.3 is 5.11 Å². The van der Waals surface area contributed by atoms with Crippen molar-refractivity contribution < 1.29 is 9.90 Å². The van der Waals surface area contributed by atoms with E-state index in [9.17, 15) is 4.79 Å². The smallest absolute Gasteiger partial charge is 0.335 e. The standard InChI is InChI=1S/C12H11N3O2/c13-5-7-15(8-6-14)9-10-1-3-11(4-2-10)12(16)17/h1-4H,7-9H2,(H,16,17). The van der Waals surface area contributed by atoms with Crippen LogP contribution in [0.4, 0.5) is 0 Å². The van der Waals surface area contributed by atoms with Crippen LogP contribution in [0.3, 0.4) is 0 Å². The third-order valence-electron chi connectivity index (χ3n) is 2.20. The zero-order valence-corrected chi connectivity index (χ0v) is 9.13. The van der Waals surface area contributed by atoms with Gasteiger partial charge >= 0.3 is 5.97 Å². The van der Waals surface area contributed by atoms with Gasteiger partial charge in [0.25, 0.3) is 0 Å². The maximum Gasteiger partial charge on any atom is 0.335 e. The number of nitrogens with zero attached hydrogens (tertiary/aromatic N) is 3. The van der Waals surface area contributed by atoms with E-state index in [1.54, 1.807) is 17.0 Å². The third-order valence-corrected chi connectivity index (χ3v) is 2.20. The molecule has 0 unspecified atom stereocenters. The van der Waals surface area contributed by atoms with Crippen LogP contribution in [-0.4, -0.2) is 29.1 Å². The van der Waals surface area contributed by atoms with Gasteiger partial charge in [0.2, 0.25) is 0 Å². The maximum absolute atomic E-state index is 10.6. The van der Waals surface area contributed by atoms with Gasteiger partial charge in [-0.3, -0.25) is 4.90 Å². The molecule has 5 nitrogen and oxygen atoms in total. The molecule has 0 amide bonds. The van der Waals surface area contributed by atoms with Crippen molar-refractivity contribution in [2.45, 2.75) is 6.54 Å². The number of carboxylic acids is 1. The molecule has 0 aliphatic heterocycles. The van der Waals surface area contributed by atoms with Crippen molar-refractivity contribution in [1.29, 1.82) is 10.5 Å². The molecule has 0 heterocycles. The van der Waals surface area contributed by atoms with Gasteiger partial charge in [-0.1, -0.05) is 12.1 Å². The minimum atomic E-state index is -0.970. The molecule has 0 spiro atoms. The molecular weight excluding hydrogens is 218 g/mol. The van der Waals surface area contributed by atoms with Gasteiger partial charge in [0, 0.05) is 6.54 Å². The highest BCUT2D eigenvalue weighted by Gasteiger charge is 2.06. The second-order valence-electron chi connectivity index (χ2n) is 3.46. The lowest BCUT2D eigenvalue weighted by Crippen LogP contribution is -2.23. The summed E-state index contributed by atoms with van der Waals surface area (Å²) in [6.07, 6.45) is 0. The van der Waals surface area contributed by atoms with Gasteiger partial charge in [0.15, 0.2) is 0 Å². The molecule has 0 aromatic heterocycles. The fourth-order valence-corrected chi connectivity index (χ4v) is 1.38. The molecule has 0 bridgehead atoms. The largest absolute Gasteiger partial charge is 0.478 e. The topological polar surface area (TPSA) is 88.1 Å². The van der Waals surface area contributed by atoms with Crippen LogP contribution in [0.15, 0.2) is 24.3 Å². The monoisotopic (exact) mass is 229 g/mol. The first-order valence-corrected chi connectivity index (χ1v) is 4.96. The van der Waals surface area contributed by atoms with E-state index < -0.39 is 5.97 Å². The molecule has 0 fully saturated rings. The molecule has 0 atom stereocenters. The van der Waals surface area contributed by atoms with Gasteiger partial charge in [0.05, 0.1) is 30.8 Å². The second kappa shape index (κ2) is 6.26. The Bertz CT molecular complexity index is 452. The van der Waals surface area contributed by atoms with E-state index in [4.69, 9.17) is 15.6 Å². The summed E-state index contributed by atoms with van der Waals surface area (Å²) in [7, 11) is 0. The predicted molar refractivity (Wildman–Crippen MR) is 59.9 cm³/mol. The number of aromatic carboxylic acids is 1. The highest BCUT2D eigenvalue weighted by atomic mass is 16.4. The Morgan fingerprint density at radius 3 is 2.12 bits per heavy atom. The Hall–Kier alpha value is -2.37. The number of nitriles is 2. The summed E-state index contributed by atoms with van der Waals surface area (Å²) >= 11 is 0. The minimum absolute atomic E-state index is 0.175. The van der Waals surface area contributed by atoms with Crippen LogP contribution in [0.5, 0.6) is 0 Å². The lowest BCUT2D eigenvalue weighted by Gasteiger charge is -2.14. The molecule has 0 saturated heterocycles. The average Bonchev–Trinajstić information content (AvgIpc) is 2.30. The first-order valence-electron chi connectivity index (χ1n) is 4.96. The van der Waals surface area contributed by atoms with E-state index in [-0.39, 0.29) is 18.7 Å². The highest BCUT2D eigenvalue weighted by molar-refractivity contribution is 5.87. The SMILES string of the molecule is N#CCN(CC#N)Cc1ccc(C(=O)O)cc1. The summed E-state index contributed by atoms with van der Waals surface area (Å²) in [6, 6.07) is 10.4. The Balaban J connectivity index is 2.70. The van der Waals surface area contributed by atoms with E-state index >= 15 is 0 Å². The van der Waals surface area contributed by atoms with E-state index in [0.717, 1.165) is 5.56 Å². The summed E-state index contributed by atoms with van der Waals surface area (Å²) in [5, 5.41) is 25.9. The first-order chi connectivity index (χ1) is 8.17. The summed E-state index contributed by atoms with van der Waals surface area (Å²) in [5.74, 6) is -0.970. The number of carboxylic acid groups (broad SMARTS) is 1. The Morgan fingerprint density at radius 1 is 1.18 bits per heavy atom. The van der Waals surface area contributed by atoms with Gasteiger partial charge in [-0.05, 0) is 17.7 Å². The summed E-state index contributed by atoms with van der Waals surface area (Å²) in [6.45, 7) is 0.809. The molecule has 0 aliphatic rings. The summed E-state index contributed by atoms with van der Waals surface area (Å²) < 4.78 is 0. The number of benzene rings is 1. The van der Waals surface area contributed by atoms with Gasteiger partial charge in [0.1, 0.15) is 0 Å². The minimum Gasteiger partial charge on any atom is -0.478 e. The van der Waals surface area contributed by atoms with Crippen LogP contribution >= 0.6 is 0 Å². The Morgan fingerprint density at radius 2 is 1.71 bits per heavy atom. The van der Waals surface area contributed by atoms with Crippen molar-refractivity contribution in [2.75, 3.05) is 13.1 Å². The molecule has 1 rings (SSSR count). The number of hydrogen-bond donors (Lipinski definition) is 1. The number of carbonyl (C=O) groups is 1. The van der Waals surface area contributed by atoms with E-state index in [0.29, 0.717) is 6.54 Å². The molecule has 1 N–H and O–H groups in total. The van der Waals surface area contributed by atoms with E-state index in [1.807, 2.05) is 12.1 Å². The molecule has 0 saturated carbocycles. The lowest BCUT2D eigenvalue weighted by atomic mass is 10.1. The molecule has 0 aliphatic carbocycles. The maximum atomic E-state index is 10.6. The molecule has 5 heteroatoms. The van der Waals surface area contributed by atoms with Crippen LogP contribution < -0.4 is 0 Å². The highest BCUT2D eigenvalue weighted by Crippen LogP contribution is 2.07. The zero-order chi connectivity index (χ0) is 12.7. The van der Waals surface area contributed by atoms with Crippen molar-refractivity contribution >= 4 is 5.97 Å². The fourth-order valence-electron chi connectivity index (χ4n) is 1.38. The molecular formula is C12H11N3O2. The first kappa shape index (κ1) is 12.7. The summed E-state index contributed by atoms with van der Waals surface area (Å²) in [4.78, 5) is 12.3.